The maximum atomic E-state index is 8.74. The molecule has 1 rings (SSSR count). The molecule has 0 saturated carbocycles. The molecule has 0 amide bonds. The SMILES string of the molecule is Oc1ccc(Br)cc1.[MgH2]. The van der Waals surface area contributed by atoms with E-state index < -0.39 is 0 Å². The largest absolute Gasteiger partial charge is 0.508 e. The van der Waals surface area contributed by atoms with Gasteiger partial charge in [0.25, 0.3) is 0 Å². The van der Waals surface area contributed by atoms with E-state index in [1.54, 1.807) is 24.3 Å². The zero-order chi connectivity index (χ0) is 5.98. The molecule has 46 valence electrons. The topological polar surface area (TPSA) is 20.2 Å². The third kappa shape index (κ3) is 3.08. The van der Waals surface area contributed by atoms with Crippen molar-refractivity contribution < 1.29 is 5.11 Å². The lowest BCUT2D eigenvalue weighted by Crippen LogP contribution is -1.61. The van der Waals surface area contributed by atoms with Gasteiger partial charge in [-0.3, -0.25) is 0 Å². The highest BCUT2D eigenvalue weighted by Gasteiger charge is 1.83. The molecular formula is C6H7BrMgO. The molecule has 0 fully saturated rings. The molecule has 0 aliphatic heterocycles. The smallest absolute Gasteiger partial charge is 0.316 e. The molecule has 1 aromatic carbocycles. The Kier molecular flexibility index (Phi) is 4.26. The second-order valence-corrected chi connectivity index (χ2v) is 2.39. The summed E-state index contributed by atoms with van der Waals surface area (Å²) in [6, 6.07) is 6.83. The van der Waals surface area contributed by atoms with Crippen LogP contribution in [-0.4, -0.2) is 28.2 Å². The number of rotatable bonds is 0. The zero-order valence-corrected chi connectivity index (χ0v) is 5.72. The minimum absolute atomic E-state index is 0. The Morgan fingerprint density at radius 3 is 1.89 bits per heavy atom. The molecular weight excluding hydrogens is 192 g/mol. The van der Waals surface area contributed by atoms with Crippen LogP contribution in [0.3, 0.4) is 0 Å². The highest BCUT2D eigenvalue weighted by Crippen LogP contribution is 2.13. The summed E-state index contributed by atoms with van der Waals surface area (Å²) in [7, 11) is 0. The van der Waals surface area contributed by atoms with Gasteiger partial charge in [0.1, 0.15) is 5.75 Å². The average molecular weight is 199 g/mol. The Balaban J connectivity index is 0.000000640. The molecule has 0 unspecified atom stereocenters. The Labute approximate surface area is 78.4 Å². The second-order valence-electron chi connectivity index (χ2n) is 1.48. The van der Waals surface area contributed by atoms with Gasteiger partial charge in [0, 0.05) is 4.47 Å². The Morgan fingerprint density at radius 2 is 1.56 bits per heavy atom. The molecule has 0 atom stereocenters. The lowest BCUT2D eigenvalue weighted by molar-refractivity contribution is 0.475. The number of halogens is 1. The van der Waals surface area contributed by atoms with Crippen LogP contribution >= 0.6 is 15.9 Å². The van der Waals surface area contributed by atoms with Crippen molar-refractivity contribution in [1.29, 1.82) is 0 Å². The van der Waals surface area contributed by atoms with Crippen LogP contribution in [0.15, 0.2) is 28.7 Å². The van der Waals surface area contributed by atoms with E-state index in [2.05, 4.69) is 15.9 Å². The second kappa shape index (κ2) is 4.14. The van der Waals surface area contributed by atoms with Crippen LogP contribution in [0.5, 0.6) is 5.75 Å². The first-order chi connectivity index (χ1) is 3.79. The maximum absolute atomic E-state index is 8.74. The lowest BCUT2D eigenvalue weighted by Gasteiger charge is -1.87. The van der Waals surface area contributed by atoms with E-state index >= 15 is 0 Å². The lowest BCUT2D eigenvalue weighted by atomic mass is 10.3. The highest BCUT2D eigenvalue weighted by atomic mass is 79.9. The fourth-order valence-electron chi connectivity index (χ4n) is 0.441. The molecule has 0 bridgehead atoms. The predicted octanol–water partition coefficient (Wildman–Crippen LogP) is 1.24. The van der Waals surface area contributed by atoms with E-state index in [0.717, 1.165) is 4.47 Å². The molecule has 0 radical (unpaired) electrons. The quantitative estimate of drug-likeness (QED) is 0.623. The number of hydrogen-bond donors (Lipinski definition) is 1. The van der Waals surface area contributed by atoms with E-state index in [1.807, 2.05) is 0 Å². The van der Waals surface area contributed by atoms with Crippen LogP contribution in [0.1, 0.15) is 0 Å². The Morgan fingerprint density at radius 1 is 1.11 bits per heavy atom. The van der Waals surface area contributed by atoms with Gasteiger partial charge in [-0.15, -0.1) is 0 Å². The summed E-state index contributed by atoms with van der Waals surface area (Å²) in [5.74, 6) is 0.299. The van der Waals surface area contributed by atoms with E-state index in [9.17, 15) is 0 Å². The van der Waals surface area contributed by atoms with Crippen molar-refractivity contribution in [3.8, 4) is 5.75 Å². The van der Waals surface area contributed by atoms with E-state index in [1.165, 1.54) is 0 Å². The van der Waals surface area contributed by atoms with Gasteiger partial charge in [0.2, 0.25) is 0 Å². The van der Waals surface area contributed by atoms with Gasteiger partial charge in [-0.2, -0.15) is 0 Å². The number of aromatic hydroxyl groups is 1. The van der Waals surface area contributed by atoms with Crippen LogP contribution in [0.4, 0.5) is 0 Å². The van der Waals surface area contributed by atoms with E-state index in [4.69, 9.17) is 5.11 Å². The molecule has 0 spiro atoms. The van der Waals surface area contributed by atoms with Crippen LogP contribution in [-0.2, 0) is 0 Å². The number of phenols is 1. The van der Waals surface area contributed by atoms with Crippen molar-refractivity contribution in [3.63, 3.8) is 0 Å². The minimum atomic E-state index is 0. The van der Waals surface area contributed by atoms with Gasteiger partial charge in [-0.05, 0) is 24.3 Å². The van der Waals surface area contributed by atoms with Crippen molar-refractivity contribution in [2.24, 2.45) is 0 Å². The van der Waals surface area contributed by atoms with Crippen molar-refractivity contribution >= 4 is 39.0 Å². The van der Waals surface area contributed by atoms with E-state index in [-0.39, 0.29) is 23.1 Å². The summed E-state index contributed by atoms with van der Waals surface area (Å²) in [4.78, 5) is 0. The molecule has 3 heteroatoms. The summed E-state index contributed by atoms with van der Waals surface area (Å²) in [5.41, 5.74) is 0. The van der Waals surface area contributed by atoms with E-state index in [0.29, 0.717) is 5.75 Å². The minimum Gasteiger partial charge on any atom is -0.508 e. The van der Waals surface area contributed by atoms with Gasteiger partial charge < -0.3 is 5.11 Å². The first kappa shape index (κ1) is 9.27. The molecule has 0 aromatic heterocycles. The van der Waals surface area contributed by atoms with Crippen LogP contribution < -0.4 is 0 Å². The standard InChI is InChI=1S/C6H5BrO.Mg.2H/c7-5-1-3-6(8)4-2-5;;;/h1-4,8H;;;. The third-order valence-corrected chi connectivity index (χ3v) is 1.36. The summed E-state index contributed by atoms with van der Waals surface area (Å²) in [6.07, 6.45) is 0. The molecule has 1 N–H and O–H groups in total. The normalized spacial score (nSPS) is 8.11. The number of phenolic OH excluding ortho intramolecular Hbond substituents is 1. The predicted molar refractivity (Wildman–Crippen MR) is 44.4 cm³/mol. The van der Waals surface area contributed by atoms with Crippen LogP contribution in [0.2, 0.25) is 0 Å². The zero-order valence-electron chi connectivity index (χ0n) is 4.13. The van der Waals surface area contributed by atoms with Gasteiger partial charge in [0.05, 0.1) is 0 Å². The van der Waals surface area contributed by atoms with Gasteiger partial charge in [-0.1, -0.05) is 15.9 Å². The number of hydrogen-bond acceptors (Lipinski definition) is 1. The fraction of sp³-hybridized carbons (Fsp3) is 0. The first-order valence-electron chi connectivity index (χ1n) is 2.23. The van der Waals surface area contributed by atoms with Gasteiger partial charge in [0.15, 0.2) is 0 Å². The van der Waals surface area contributed by atoms with Crippen LogP contribution in [0, 0.1) is 0 Å². The molecule has 0 aliphatic carbocycles. The van der Waals surface area contributed by atoms with Crippen molar-refractivity contribution in [2.75, 3.05) is 0 Å². The Bertz CT molecular complexity index is 152. The Hall–Kier alpha value is 0.266. The summed E-state index contributed by atoms with van der Waals surface area (Å²) < 4.78 is 0.982. The molecule has 0 heterocycles. The molecule has 9 heavy (non-hydrogen) atoms. The maximum Gasteiger partial charge on any atom is 0.316 e. The summed E-state index contributed by atoms with van der Waals surface area (Å²) in [6.45, 7) is 0. The summed E-state index contributed by atoms with van der Waals surface area (Å²) >= 11 is 3.23. The monoisotopic (exact) mass is 198 g/mol. The highest BCUT2D eigenvalue weighted by molar-refractivity contribution is 9.10. The van der Waals surface area contributed by atoms with Gasteiger partial charge in [-0.25, -0.2) is 0 Å². The van der Waals surface area contributed by atoms with Gasteiger partial charge >= 0.3 is 23.1 Å². The van der Waals surface area contributed by atoms with Crippen molar-refractivity contribution in [2.45, 2.75) is 0 Å². The first-order valence-corrected chi connectivity index (χ1v) is 3.03. The summed E-state index contributed by atoms with van der Waals surface area (Å²) in [5, 5.41) is 8.74. The average Bonchev–Trinajstić information content (AvgIpc) is 1.77. The fourth-order valence-corrected chi connectivity index (χ4v) is 0.705. The van der Waals surface area contributed by atoms with Crippen molar-refractivity contribution in [1.82, 2.24) is 0 Å². The molecule has 1 nitrogen and oxygen atoms in total. The molecule has 0 aliphatic rings. The number of benzene rings is 1. The molecule has 1 aromatic rings. The third-order valence-electron chi connectivity index (χ3n) is 0.827. The molecule has 0 saturated heterocycles. The van der Waals surface area contributed by atoms with Crippen LogP contribution in [0.25, 0.3) is 0 Å². The van der Waals surface area contributed by atoms with Crippen molar-refractivity contribution in [3.05, 3.63) is 28.7 Å².